The van der Waals surface area contributed by atoms with E-state index in [1.54, 1.807) is 24.3 Å². The zero-order valence-electron chi connectivity index (χ0n) is 17.1. The van der Waals surface area contributed by atoms with E-state index in [0.717, 1.165) is 11.1 Å². The number of benzene rings is 2. The maximum Gasteiger partial charge on any atom is 0.251 e. The van der Waals surface area contributed by atoms with Crippen molar-refractivity contribution in [1.29, 1.82) is 0 Å². The fourth-order valence-electron chi connectivity index (χ4n) is 3.45. The van der Waals surface area contributed by atoms with Gasteiger partial charge in [-0.3, -0.25) is 14.4 Å². The summed E-state index contributed by atoms with van der Waals surface area (Å²) in [4.78, 5) is 38.1. The first-order valence-electron chi connectivity index (χ1n) is 10.2. The number of amides is 3. The summed E-state index contributed by atoms with van der Waals surface area (Å²) in [5, 5.41) is 16.1. The molecule has 7 nitrogen and oxygen atoms in total. The van der Waals surface area contributed by atoms with E-state index in [4.69, 9.17) is 0 Å². The monoisotopic (exact) mass is 409 g/mol. The van der Waals surface area contributed by atoms with Gasteiger partial charge in [-0.15, -0.1) is 0 Å². The molecule has 0 saturated heterocycles. The molecule has 0 aromatic heterocycles. The standard InChI is InChI=1S/C23H27N3O4/c1-16(27)26-12-3-2-10-25-23(30)19-6-4-5-18(14-19)20-13-17(7-8-21(20)28)9-11-24-22(29)15-26/h4-8,13-14,28H,2-3,9-12,15H2,1H3,(H,24,29)(H,25,30). The minimum Gasteiger partial charge on any atom is -0.507 e. The van der Waals surface area contributed by atoms with E-state index in [2.05, 4.69) is 10.6 Å². The van der Waals surface area contributed by atoms with Gasteiger partial charge in [-0.25, -0.2) is 0 Å². The maximum atomic E-state index is 12.5. The Balaban J connectivity index is 1.85. The third kappa shape index (κ3) is 5.59. The van der Waals surface area contributed by atoms with Crippen LogP contribution < -0.4 is 10.6 Å². The number of rotatable bonds is 0. The predicted molar refractivity (Wildman–Crippen MR) is 114 cm³/mol. The Hall–Kier alpha value is -3.35. The zero-order chi connectivity index (χ0) is 21.5. The molecule has 3 rings (SSSR count). The molecule has 0 aliphatic carbocycles. The molecule has 2 aromatic carbocycles. The van der Waals surface area contributed by atoms with E-state index < -0.39 is 0 Å². The van der Waals surface area contributed by atoms with Gasteiger partial charge in [0.25, 0.3) is 5.91 Å². The molecule has 4 bridgehead atoms. The first-order valence-corrected chi connectivity index (χ1v) is 10.2. The number of phenolic OH excluding ortho intramolecular Hbond substituents is 1. The normalized spacial score (nSPS) is 16.1. The number of hydrogen-bond donors (Lipinski definition) is 3. The lowest BCUT2D eigenvalue weighted by Gasteiger charge is -2.20. The summed E-state index contributed by atoms with van der Waals surface area (Å²) in [7, 11) is 0. The molecule has 158 valence electrons. The lowest BCUT2D eigenvalue weighted by molar-refractivity contribution is -0.134. The molecular formula is C23H27N3O4. The predicted octanol–water partition coefficient (Wildman–Crippen LogP) is 2.09. The minimum atomic E-state index is -0.202. The number of hydrogen-bond acceptors (Lipinski definition) is 4. The lowest BCUT2D eigenvalue weighted by Crippen LogP contribution is -2.41. The van der Waals surface area contributed by atoms with Crippen LogP contribution in [0.5, 0.6) is 5.75 Å². The second-order valence-corrected chi connectivity index (χ2v) is 7.44. The summed E-state index contributed by atoms with van der Waals surface area (Å²) >= 11 is 0. The number of phenols is 1. The summed E-state index contributed by atoms with van der Waals surface area (Å²) in [6.07, 6.45) is 1.96. The molecule has 0 saturated carbocycles. The van der Waals surface area contributed by atoms with Crippen LogP contribution in [-0.4, -0.2) is 53.9 Å². The van der Waals surface area contributed by atoms with Crippen LogP contribution in [-0.2, 0) is 16.0 Å². The fourth-order valence-corrected chi connectivity index (χ4v) is 3.45. The first-order chi connectivity index (χ1) is 14.4. The Morgan fingerprint density at radius 3 is 2.60 bits per heavy atom. The number of aromatic hydroxyl groups is 1. The van der Waals surface area contributed by atoms with Crippen molar-refractivity contribution in [1.82, 2.24) is 15.5 Å². The lowest BCUT2D eigenvalue weighted by atomic mass is 9.98. The van der Waals surface area contributed by atoms with Crippen molar-refractivity contribution in [3.05, 3.63) is 53.6 Å². The smallest absolute Gasteiger partial charge is 0.251 e. The van der Waals surface area contributed by atoms with E-state index in [-0.39, 0.29) is 30.0 Å². The summed E-state index contributed by atoms with van der Waals surface area (Å²) in [6.45, 7) is 2.84. The van der Waals surface area contributed by atoms with Gasteiger partial charge in [-0.1, -0.05) is 18.2 Å². The van der Waals surface area contributed by atoms with Gasteiger partial charge in [0, 0.05) is 37.7 Å². The number of carbonyl (C=O) groups is 3. The van der Waals surface area contributed by atoms with E-state index >= 15 is 0 Å². The maximum absolute atomic E-state index is 12.5. The topological polar surface area (TPSA) is 98.7 Å². The number of carbonyl (C=O) groups excluding carboxylic acids is 3. The largest absolute Gasteiger partial charge is 0.507 e. The van der Waals surface area contributed by atoms with Crippen LogP contribution in [0.1, 0.15) is 35.7 Å². The van der Waals surface area contributed by atoms with Gasteiger partial charge in [-0.05, 0) is 54.7 Å². The highest BCUT2D eigenvalue weighted by Gasteiger charge is 2.14. The van der Waals surface area contributed by atoms with Crippen molar-refractivity contribution in [3.8, 4) is 16.9 Å². The van der Waals surface area contributed by atoms with Gasteiger partial charge in [0.2, 0.25) is 11.8 Å². The average Bonchev–Trinajstić information content (AvgIpc) is 2.73. The van der Waals surface area contributed by atoms with E-state index in [9.17, 15) is 19.5 Å². The van der Waals surface area contributed by atoms with Crippen LogP contribution in [0, 0.1) is 0 Å². The third-order valence-corrected chi connectivity index (χ3v) is 5.15. The van der Waals surface area contributed by atoms with Crippen LogP contribution in [0.2, 0.25) is 0 Å². The molecule has 7 heteroatoms. The van der Waals surface area contributed by atoms with Crippen LogP contribution in [0.15, 0.2) is 42.5 Å². The van der Waals surface area contributed by atoms with E-state index in [0.29, 0.717) is 50.0 Å². The van der Waals surface area contributed by atoms with Crippen LogP contribution in [0.4, 0.5) is 0 Å². The zero-order valence-corrected chi connectivity index (χ0v) is 17.1. The third-order valence-electron chi connectivity index (χ3n) is 5.15. The van der Waals surface area contributed by atoms with Gasteiger partial charge >= 0.3 is 0 Å². The van der Waals surface area contributed by atoms with Gasteiger partial charge < -0.3 is 20.6 Å². The summed E-state index contributed by atoms with van der Waals surface area (Å²) in [5.74, 6) is -0.404. The molecule has 1 aliphatic rings. The number of nitrogens with zero attached hydrogens (tertiary/aromatic N) is 1. The SMILES string of the molecule is CC(=O)N1CCCCNC(=O)c2cccc(c2)-c2cc(ccc2O)CCNC(=O)C1. The van der Waals surface area contributed by atoms with Crippen molar-refractivity contribution < 1.29 is 19.5 Å². The summed E-state index contributed by atoms with van der Waals surface area (Å²) in [6, 6.07) is 12.4. The number of fused-ring (bicyclic) bond motifs is 5. The van der Waals surface area contributed by atoms with Crippen LogP contribution in [0.3, 0.4) is 0 Å². The van der Waals surface area contributed by atoms with Gasteiger partial charge in [0.15, 0.2) is 0 Å². The highest BCUT2D eigenvalue weighted by Crippen LogP contribution is 2.30. The second kappa shape index (κ2) is 9.91. The average molecular weight is 409 g/mol. The molecule has 3 amide bonds. The quantitative estimate of drug-likeness (QED) is 0.620. The van der Waals surface area contributed by atoms with E-state index in [1.165, 1.54) is 11.8 Å². The van der Waals surface area contributed by atoms with Crippen molar-refractivity contribution in [2.45, 2.75) is 26.2 Å². The molecule has 1 aliphatic heterocycles. The van der Waals surface area contributed by atoms with Crippen molar-refractivity contribution >= 4 is 17.7 Å². The van der Waals surface area contributed by atoms with Gasteiger partial charge in [-0.2, -0.15) is 0 Å². The fraction of sp³-hybridized carbons (Fsp3) is 0.348. The van der Waals surface area contributed by atoms with Crippen molar-refractivity contribution in [2.75, 3.05) is 26.2 Å². The highest BCUT2D eigenvalue weighted by atomic mass is 16.3. The Morgan fingerprint density at radius 1 is 1.00 bits per heavy atom. The van der Waals surface area contributed by atoms with Crippen LogP contribution in [0.25, 0.3) is 11.1 Å². The summed E-state index contributed by atoms with van der Waals surface area (Å²) in [5.41, 5.74) is 2.86. The Kier molecular flexibility index (Phi) is 7.06. The van der Waals surface area contributed by atoms with E-state index in [1.807, 2.05) is 18.2 Å². The van der Waals surface area contributed by atoms with Crippen molar-refractivity contribution in [3.63, 3.8) is 0 Å². The molecule has 0 unspecified atom stereocenters. The number of nitrogens with one attached hydrogen (secondary N) is 2. The molecule has 0 atom stereocenters. The highest BCUT2D eigenvalue weighted by molar-refractivity contribution is 5.95. The molecule has 30 heavy (non-hydrogen) atoms. The Morgan fingerprint density at radius 2 is 1.80 bits per heavy atom. The molecule has 1 heterocycles. The Labute approximate surface area is 176 Å². The molecular weight excluding hydrogens is 382 g/mol. The molecule has 0 radical (unpaired) electrons. The molecule has 2 aromatic rings. The minimum absolute atomic E-state index is 0.0209. The molecule has 3 N–H and O–H groups in total. The van der Waals surface area contributed by atoms with Crippen molar-refractivity contribution in [2.24, 2.45) is 0 Å². The second-order valence-electron chi connectivity index (χ2n) is 7.44. The van der Waals surface area contributed by atoms with Gasteiger partial charge in [0.05, 0.1) is 6.54 Å². The Bertz CT molecular complexity index is 942. The molecule has 0 spiro atoms. The first kappa shape index (κ1) is 21.4. The molecule has 0 fully saturated rings. The van der Waals surface area contributed by atoms with Crippen LogP contribution >= 0.6 is 0 Å². The summed E-state index contributed by atoms with van der Waals surface area (Å²) < 4.78 is 0. The van der Waals surface area contributed by atoms with Gasteiger partial charge in [0.1, 0.15) is 5.75 Å².